The quantitative estimate of drug-likeness (QED) is 0.122. The van der Waals surface area contributed by atoms with Crippen LogP contribution in [0.5, 0.6) is 0 Å². The van der Waals surface area contributed by atoms with E-state index in [1.807, 2.05) is 66.8 Å². The van der Waals surface area contributed by atoms with Gasteiger partial charge >= 0.3 is 6.09 Å². The lowest BCUT2D eigenvalue weighted by molar-refractivity contribution is -0.444. The summed E-state index contributed by atoms with van der Waals surface area (Å²) < 4.78 is 9.27. The van der Waals surface area contributed by atoms with Crippen LogP contribution in [0.25, 0.3) is 0 Å². The van der Waals surface area contributed by atoms with Crippen molar-refractivity contribution >= 4 is 41.3 Å². The largest absolute Gasteiger partial charge is 0.444 e. The van der Waals surface area contributed by atoms with Crippen LogP contribution in [0.1, 0.15) is 84.3 Å². The Morgan fingerprint density at radius 3 is 1.69 bits per heavy atom. The van der Waals surface area contributed by atoms with Crippen LogP contribution < -0.4 is 10.2 Å². The number of para-hydroxylation sites is 2. The highest BCUT2D eigenvalue weighted by Gasteiger charge is 2.32. The van der Waals surface area contributed by atoms with E-state index in [0.29, 0.717) is 18.8 Å². The summed E-state index contributed by atoms with van der Waals surface area (Å²) in [5.41, 5.74) is 5.50. The van der Waals surface area contributed by atoms with E-state index in [1.165, 1.54) is 49.7 Å². The molecule has 0 saturated heterocycles. The Morgan fingerprint density at radius 2 is 1.22 bits per heavy atom. The fourth-order valence-electron chi connectivity index (χ4n) is 5.91. The summed E-state index contributed by atoms with van der Waals surface area (Å²) in [4.78, 5) is 15.0. The molecule has 0 bridgehead atoms. The van der Waals surface area contributed by atoms with Gasteiger partial charge in [0.05, 0.1) is 24.5 Å². The van der Waals surface area contributed by atoms with Gasteiger partial charge < -0.3 is 9.64 Å². The number of aryl methyl sites for hydroxylation is 2. The van der Waals surface area contributed by atoms with Crippen LogP contribution >= 0.6 is 0 Å². The summed E-state index contributed by atoms with van der Waals surface area (Å²) >= 11 is 0. The maximum Gasteiger partial charge on any atom is 0.412 e. The van der Waals surface area contributed by atoms with Crippen molar-refractivity contribution in [3.05, 3.63) is 83.9 Å². The normalized spacial score (nSPS) is 16.8. The van der Waals surface area contributed by atoms with Crippen LogP contribution in [-0.4, -0.2) is 58.7 Å². The standard InChI is InChI=1S/C39H51N8O2/c1-6-8-10-14-30-18-22-34(23-19-30)46-28-32(41-43-46)26-45(37-17-13-12-16-36(37)40-38(48)49-39(3,4)5)27-33-29-47(44-42-33)35-24-20-31(21-25-35)15-11-9-7-2/h12-13,16-25,28-29,32-33H,6-11,14-15,26-27H2,1-5H3/q+1/p+1. The van der Waals surface area contributed by atoms with Gasteiger partial charge in [-0.3, -0.25) is 5.32 Å². The number of hydrogen-bond acceptors (Lipinski definition) is 7. The molecule has 0 fully saturated rings. The first-order valence-corrected chi connectivity index (χ1v) is 17.8. The fraction of sp³-hybridized carbons (Fsp3) is 0.462. The number of ether oxygens (including phenoxy) is 1. The minimum Gasteiger partial charge on any atom is -0.444 e. The third-order valence-corrected chi connectivity index (χ3v) is 8.45. The number of benzene rings is 3. The Morgan fingerprint density at radius 1 is 0.735 bits per heavy atom. The molecular weight excluding hydrogens is 612 g/mol. The first kappa shape index (κ1) is 35.6. The summed E-state index contributed by atoms with van der Waals surface area (Å²) in [6, 6.07) is 24.5. The number of nitrogens with zero attached hydrogens (tertiary/aromatic N) is 7. The van der Waals surface area contributed by atoms with E-state index in [0.717, 1.165) is 29.9 Å². The lowest BCUT2D eigenvalue weighted by atomic mass is 10.1. The minimum atomic E-state index is -0.620. The highest BCUT2D eigenvalue weighted by molar-refractivity contribution is 5.90. The molecule has 0 aromatic heterocycles. The summed E-state index contributed by atoms with van der Waals surface area (Å²) in [5, 5.41) is 21.2. The van der Waals surface area contributed by atoms with Crippen LogP contribution in [0.2, 0.25) is 0 Å². The number of unbranched alkanes of at least 4 members (excludes halogenated alkanes) is 4. The maximum absolute atomic E-state index is 12.8. The average Bonchev–Trinajstić information content (AvgIpc) is 3.75. The second-order valence-corrected chi connectivity index (χ2v) is 13.8. The lowest BCUT2D eigenvalue weighted by Gasteiger charge is -2.27. The van der Waals surface area contributed by atoms with Gasteiger partial charge in [-0.25, -0.2) is 4.79 Å². The molecule has 2 unspecified atom stereocenters. The topological polar surface area (TPSA) is 97.0 Å². The predicted molar refractivity (Wildman–Crippen MR) is 197 cm³/mol. The van der Waals surface area contributed by atoms with Gasteiger partial charge in [-0.1, -0.05) is 75.9 Å². The molecule has 2 aliphatic heterocycles. The zero-order valence-corrected chi connectivity index (χ0v) is 29.8. The van der Waals surface area contributed by atoms with Crippen molar-refractivity contribution < 1.29 is 18.9 Å². The minimum absolute atomic E-state index is 0.214. The monoisotopic (exact) mass is 664 g/mol. The third kappa shape index (κ3) is 10.6. The Balaban J connectivity index is 1.34. The van der Waals surface area contributed by atoms with Crippen molar-refractivity contribution in [3.63, 3.8) is 0 Å². The molecule has 3 aromatic rings. The van der Waals surface area contributed by atoms with Crippen LogP contribution in [0.4, 0.5) is 27.5 Å². The van der Waals surface area contributed by atoms with Gasteiger partial charge in [0.1, 0.15) is 16.0 Å². The van der Waals surface area contributed by atoms with Crippen LogP contribution in [0.15, 0.2) is 93.5 Å². The van der Waals surface area contributed by atoms with Crippen molar-refractivity contribution in [2.75, 3.05) is 23.3 Å². The summed E-state index contributed by atoms with van der Waals surface area (Å²) in [7, 11) is 0. The molecule has 10 heteroatoms. The molecular formula is C39H52N8O2+2. The zero-order valence-electron chi connectivity index (χ0n) is 29.8. The number of amides is 1. The molecule has 2 heterocycles. The van der Waals surface area contributed by atoms with Crippen LogP contribution in [0.3, 0.4) is 0 Å². The van der Waals surface area contributed by atoms with E-state index >= 15 is 0 Å². The van der Waals surface area contributed by atoms with Gasteiger partial charge in [0.15, 0.2) is 23.8 Å². The molecule has 3 aromatic carbocycles. The zero-order chi connectivity index (χ0) is 34.6. The van der Waals surface area contributed by atoms with Gasteiger partial charge in [0, 0.05) is 10.2 Å². The van der Waals surface area contributed by atoms with Crippen molar-refractivity contribution in [1.29, 1.82) is 0 Å². The molecule has 0 saturated carbocycles. The van der Waals surface area contributed by atoms with Gasteiger partial charge in [-0.05, 0) is 94.0 Å². The number of hydrogen-bond donors (Lipinski definition) is 1. The molecule has 2 aliphatic rings. The fourth-order valence-corrected chi connectivity index (χ4v) is 5.91. The molecule has 258 valence electrons. The van der Waals surface area contributed by atoms with Crippen molar-refractivity contribution in [2.24, 2.45) is 20.7 Å². The Hall–Kier alpha value is -4.73. The highest BCUT2D eigenvalue weighted by Crippen LogP contribution is 2.29. The Bertz CT molecular complexity index is 1570. The Kier molecular flexibility index (Phi) is 12.4. The maximum atomic E-state index is 12.8. The number of anilines is 2. The predicted octanol–water partition coefficient (Wildman–Crippen LogP) is 9.63. The number of carbonyl (C=O) groups excluding carboxylic acids is 1. The number of carbonyl (C=O) groups is 1. The second-order valence-electron chi connectivity index (χ2n) is 13.8. The SMILES string of the molecule is CCCCCc1ccc([N+]2=CC(CN(CC3C=[N+](c4ccc(CCCCC)cc4)N=N3)c3ccccc3NC(=O)OC(C)(C)C)N=N2)cc1. The Labute approximate surface area is 291 Å². The average molecular weight is 665 g/mol. The molecule has 2 atom stereocenters. The van der Waals surface area contributed by atoms with E-state index in [4.69, 9.17) is 4.74 Å². The van der Waals surface area contributed by atoms with E-state index in [2.05, 4.69) is 93.3 Å². The number of nitrogens with one attached hydrogen (secondary N) is 1. The highest BCUT2D eigenvalue weighted by atomic mass is 16.6. The van der Waals surface area contributed by atoms with Crippen molar-refractivity contribution in [3.8, 4) is 0 Å². The van der Waals surface area contributed by atoms with Gasteiger partial charge in [0.25, 0.3) is 0 Å². The molecule has 49 heavy (non-hydrogen) atoms. The summed E-state index contributed by atoms with van der Waals surface area (Å²) in [6.45, 7) is 11.1. The molecule has 10 nitrogen and oxygen atoms in total. The molecule has 0 radical (unpaired) electrons. The van der Waals surface area contributed by atoms with Gasteiger partial charge in [0.2, 0.25) is 12.1 Å². The first-order valence-electron chi connectivity index (χ1n) is 17.8. The smallest absolute Gasteiger partial charge is 0.412 e. The van der Waals surface area contributed by atoms with Gasteiger partial charge in [-0.2, -0.15) is 0 Å². The van der Waals surface area contributed by atoms with Crippen LogP contribution in [0, 0.1) is 0 Å². The number of rotatable bonds is 16. The van der Waals surface area contributed by atoms with Crippen molar-refractivity contribution in [1.82, 2.24) is 0 Å². The van der Waals surface area contributed by atoms with E-state index < -0.39 is 11.7 Å². The van der Waals surface area contributed by atoms with E-state index in [9.17, 15) is 4.79 Å². The molecule has 1 amide bonds. The third-order valence-electron chi connectivity index (χ3n) is 8.45. The summed E-state index contributed by atoms with van der Waals surface area (Å²) in [6.07, 6.45) is 13.1. The molecule has 5 rings (SSSR count). The molecule has 1 N–H and O–H groups in total. The van der Waals surface area contributed by atoms with Crippen molar-refractivity contribution in [2.45, 2.75) is 104 Å². The first-order chi connectivity index (χ1) is 23.7. The van der Waals surface area contributed by atoms with E-state index in [1.54, 1.807) is 0 Å². The lowest BCUT2D eigenvalue weighted by Crippen LogP contribution is -2.38. The van der Waals surface area contributed by atoms with E-state index in [-0.39, 0.29) is 12.1 Å². The molecule has 0 aliphatic carbocycles. The summed E-state index contributed by atoms with van der Waals surface area (Å²) in [5.74, 6) is 0. The van der Waals surface area contributed by atoms with Gasteiger partial charge in [-0.15, -0.1) is 9.37 Å². The molecule has 0 spiro atoms. The second kappa shape index (κ2) is 17.1. The van der Waals surface area contributed by atoms with Crippen LogP contribution in [-0.2, 0) is 17.6 Å².